The summed E-state index contributed by atoms with van der Waals surface area (Å²) in [6.45, 7) is 0.421. The smallest absolute Gasteiger partial charge is 0.128 e. The Morgan fingerprint density at radius 1 is 1.05 bits per heavy atom. The number of hydrogen-bond acceptors (Lipinski definition) is 3. The maximum atomic E-state index is 5.84. The predicted octanol–water partition coefficient (Wildman–Crippen LogP) is 2.55. The van der Waals surface area contributed by atoms with Crippen LogP contribution in [0, 0.1) is 0 Å². The van der Waals surface area contributed by atoms with Crippen molar-refractivity contribution in [2.75, 3.05) is 19.0 Å². The van der Waals surface area contributed by atoms with Crippen molar-refractivity contribution < 1.29 is 0 Å². The van der Waals surface area contributed by atoms with Crippen LogP contribution in [0.3, 0.4) is 0 Å². The van der Waals surface area contributed by atoms with Gasteiger partial charge in [0.1, 0.15) is 5.82 Å². The van der Waals surface area contributed by atoms with Gasteiger partial charge >= 0.3 is 0 Å². The van der Waals surface area contributed by atoms with E-state index in [9.17, 15) is 0 Å². The minimum absolute atomic E-state index is 0.421. The monoisotopic (exact) mass is 266 g/mol. The standard InChI is InChI=1S/C16H18N4/c1-19(2)12-7-9-13(10-8-12)20-15-6-4-3-5-14(15)18-16(20)11-17/h3-10H,11,17H2,1-2H3. The van der Waals surface area contributed by atoms with Gasteiger partial charge in [-0.25, -0.2) is 4.98 Å². The highest BCUT2D eigenvalue weighted by atomic mass is 15.1. The zero-order valence-electron chi connectivity index (χ0n) is 11.7. The summed E-state index contributed by atoms with van der Waals surface area (Å²) in [4.78, 5) is 6.68. The highest BCUT2D eigenvalue weighted by molar-refractivity contribution is 5.78. The van der Waals surface area contributed by atoms with Crippen molar-refractivity contribution in [3.05, 3.63) is 54.4 Å². The molecule has 0 saturated heterocycles. The second-order valence-corrected chi connectivity index (χ2v) is 4.97. The molecule has 0 amide bonds. The van der Waals surface area contributed by atoms with Crippen molar-refractivity contribution >= 4 is 16.7 Å². The Morgan fingerprint density at radius 2 is 1.75 bits per heavy atom. The third kappa shape index (κ3) is 2.04. The summed E-state index contributed by atoms with van der Waals surface area (Å²) in [5, 5.41) is 0. The number of rotatable bonds is 3. The Bertz CT molecular complexity index is 726. The van der Waals surface area contributed by atoms with Crippen molar-refractivity contribution in [2.24, 2.45) is 5.73 Å². The Morgan fingerprint density at radius 3 is 2.40 bits per heavy atom. The molecule has 2 N–H and O–H groups in total. The molecule has 0 saturated carbocycles. The van der Waals surface area contributed by atoms with Gasteiger partial charge in [-0.3, -0.25) is 4.57 Å². The van der Waals surface area contributed by atoms with Crippen LogP contribution in [-0.2, 0) is 6.54 Å². The van der Waals surface area contributed by atoms with Crippen LogP contribution in [0.15, 0.2) is 48.5 Å². The Kier molecular flexibility index (Phi) is 3.16. The molecule has 3 aromatic rings. The summed E-state index contributed by atoms with van der Waals surface area (Å²) in [6, 6.07) is 16.5. The number of nitrogens with zero attached hydrogens (tertiary/aromatic N) is 3. The third-order valence-electron chi connectivity index (χ3n) is 3.44. The van der Waals surface area contributed by atoms with E-state index in [-0.39, 0.29) is 0 Å². The highest BCUT2D eigenvalue weighted by Crippen LogP contribution is 2.23. The van der Waals surface area contributed by atoms with E-state index in [2.05, 4.69) is 44.8 Å². The molecule has 3 rings (SSSR count). The molecule has 4 heteroatoms. The van der Waals surface area contributed by atoms with E-state index >= 15 is 0 Å². The van der Waals surface area contributed by atoms with Crippen LogP contribution in [0.1, 0.15) is 5.82 Å². The fourth-order valence-electron chi connectivity index (χ4n) is 2.40. The van der Waals surface area contributed by atoms with Gasteiger partial charge in [0.25, 0.3) is 0 Å². The largest absolute Gasteiger partial charge is 0.378 e. The first-order chi connectivity index (χ1) is 9.70. The SMILES string of the molecule is CN(C)c1ccc(-n2c(CN)nc3ccccc32)cc1. The van der Waals surface area contributed by atoms with Gasteiger partial charge in [0.2, 0.25) is 0 Å². The van der Waals surface area contributed by atoms with Crippen LogP contribution < -0.4 is 10.6 Å². The van der Waals surface area contributed by atoms with E-state index in [1.807, 2.05) is 32.3 Å². The lowest BCUT2D eigenvalue weighted by Gasteiger charge is -2.14. The zero-order chi connectivity index (χ0) is 14.1. The Hall–Kier alpha value is -2.33. The summed E-state index contributed by atoms with van der Waals surface area (Å²) in [7, 11) is 4.07. The molecular weight excluding hydrogens is 248 g/mol. The molecule has 4 nitrogen and oxygen atoms in total. The predicted molar refractivity (Wildman–Crippen MR) is 83.3 cm³/mol. The zero-order valence-corrected chi connectivity index (χ0v) is 11.7. The third-order valence-corrected chi connectivity index (χ3v) is 3.44. The Balaban J connectivity index is 2.17. The van der Waals surface area contributed by atoms with Crippen LogP contribution in [0.5, 0.6) is 0 Å². The van der Waals surface area contributed by atoms with Gasteiger partial charge in [-0.1, -0.05) is 12.1 Å². The highest BCUT2D eigenvalue weighted by Gasteiger charge is 2.10. The molecule has 0 bridgehead atoms. The number of para-hydroxylation sites is 2. The first kappa shape index (κ1) is 12.7. The second-order valence-electron chi connectivity index (χ2n) is 4.97. The lowest BCUT2D eigenvalue weighted by Crippen LogP contribution is -2.09. The lowest BCUT2D eigenvalue weighted by atomic mass is 10.2. The molecule has 0 aliphatic heterocycles. The second kappa shape index (κ2) is 4.98. The number of fused-ring (bicyclic) bond motifs is 1. The van der Waals surface area contributed by atoms with Crippen molar-refractivity contribution in [1.29, 1.82) is 0 Å². The molecule has 0 atom stereocenters. The van der Waals surface area contributed by atoms with Crippen LogP contribution in [0.2, 0.25) is 0 Å². The molecule has 1 heterocycles. The summed E-state index contributed by atoms with van der Waals surface area (Å²) >= 11 is 0. The van der Waals surface area contributed by atoms with Gasteiger partial charge in [0, 0.05) is 25.5 Å². The summed E-state index contributed by atoms with van der Waals surface area (Å²) < 4.78 is 2.12. The van der Waals surface area contributed by atoms with Gasteiger partial charge in [-0.05, 0) is 36.4 Å². The normalized spacial score (nSPS) is 10.9. The molecular formula is C16H18N4. The van der Waals surface area contributed by atoms with E-state index < -0.39 is 0 Å². The maximum Gasteiger partial charge on any atom is 0.128 e. The fourth-order valence-corrected chi connectivity index (χ4v) is 2.40. The fraction of sp³-hybridized carbons (Fsp3) is 0.188. The van der Waals surface area contributed by atoms with Gasteiger partial charge in [0.15, 0.2) is 0 Å². The van der Waals surface area contributed by atoms with Gasteiger partial charge < -0.3 is 10.6 Å². The molecule has 2 aromatic carbocycles. The lowest BCUT2D eigenvalue weighted by molar-refractivity contribution is 0.882. The number of imidazole rings is 1. The number of benzene rings is 2. The van der Waals surface area contributed by atoms with E-state index in [1.54, 1.807) is 0 Å². The van der Waals surface area contributed by atoms with Gasteiger partial charge in [-0.15, -0.1) is 0 Å². The van der Waals surface area contributed by atoms with Gasteiger partial charge in [0.05, 0.1) is 17.6 Å². The molecule has 0 aliphatic carbocycles. The van der Waals surface area contributed by atoms with Crippen molar-refractivity contribution in [3.63, 3.8) is 0 Å². The average molecular weight is 266 g/mol. The number of hydrogen-bond donors (Lipinski definition) is 1. The molecule has 0 aliphatic rings. The van der Waals surface area contributed by atoms with Crippen LogP contribution >= 0.6 is 0 Å². The van der Waals surface area contributed by atoms with E-state index in [0.29, 0.717) is 6.54 Å². The van der Waals surface area contributed by atoms with Crippen molar-refractivity contribution in [1.82, 2.24) is 9.55 Å². The number of nitrogens with two attached hydrogens (primary N) is 1. The Labute approximate surface area is 118 Å². The first-order valence-corrected chi connectivity index (χ1v) is 6.65. The molecule has 102 valence electrons. The van der Waals surface area contributed by atoms with Crippen molar-refractivity contribution in [3.8, 4) is 5.69 Å². The van der Waals surface area contributed by atoms with Crippen LogP contribution in [-0.4, -0.2) is 23.6 Å². The molecule has 20 heavy (non-hydrogen) atoms. The maximum absolute atomic E-state index is 5.84. The quantitative estimate of drug-likeness (QED) is 0.792. The van der Waals surface area contributed by atoms with Crippen LogP contribution in [0.4, 0.5) is 5.69 Å². The minimum atomic E-state index is 0.421. The average Bonchev–Trinajstić information content (AvgIpc) is 2.85. The van der Waals surface area contributed by atoms with E-state index in [4.69, 9.17) is 5.73 Å². The minimum Gasteiger partial charge on any atom is -0.378 e. The summed E-state index contributed by atoms with van der Waals surface area (Å²) in [5.74, 6) is 0.879. The first-order valence-electron chi connectivity index (χ1n) is 6.65. The topological polar surface area (TPSA) is 47.1 Å². The number of anilines is 1. The molecule has 0 radical (unpaired) electrons. The van der Waals surface area contributed by atoms with E-state index in [1.165, 1.54) is 5.69 Å². The molecule has 0 spiro atoms. The molecule has 0 unspecified atom stereocenters. The van der Waals surface area contributed by atoms with E-state index in [0.717, 1.165) is 22.5 Å². The summed E-state index contributed by atoms with van der Waals surface area (Å²) in [5.41, 5.74) is 10.2. The van der Waals surface area contributed by atoms with Crippen LogP contribution in [0.25, 0.3) is 16.7 Å². The number of aromatic nitrogens is 2. The molecule has 0 fully saturated rings. The summed E-state index contributed by atoms with van der Waals surface area (Å²) in [6.07, 6.45) is 0. The van der Waals surface area contributed by atoms with Crippen molar-refractivity contribution in [2.45, 2.75) is 6.54 Å². The molecule has 1 aromatic heterocycles. The van der Waals surface area contributed by atoms with Gasteiger partial charge in [-0.2, -0.15) is 0 Å².